The van der Waals surface area contributed by atoms with Crippen molar-refractivity contribution in [1.82, 2.24) is 29.5 Å². The van der Waals surface area contributed by atoms with Crippen LogP contribution in [0.4, 0.5) is 19.5 Å². The average Bonchev–Trinajstić information content (AvgIpc) is 3.76. The van der Waals surface area contributed by atoms with E-state index in [-0.39, 0.29) is 36.5 Å². The lowest BCUT2D eigenvalue weighted by Gasteiger charge is -2.36. The quantitative estimate of drug-likeness (QED) is 0.131. The Morgan fingerprint density at radius 2 is 1.44 bits per heavy atom. The minimum Gasteiger partial charge on any atom is -0.434 e. The Labute approximate surface area is 339 Å². The van der Waals surface area contributed by atoms with Crippen molar-refractivity contribution >= 4 is 22.9 Å². The van der Waals surface area contributed by atoms with Gasteiger partial charge in [0, 0.05) is 56.7 Å². The molecule has 0 unspecified atom stereocenters. The molecule has 13 heteroatoms. The number of urea groups is 1. The van der Waals surface area contributed by atoms with Gasteiger partial charge < -0.3 is 24.6 Å². The zero-order valence-corrected chi connectivity index (χ0v) is 32.2. The van der Waals surface area contributed by atoms with Gasteiger partial charge >= 0.3 is 12.6 Å². The Balaban J connectivity index is 1.04. The number of piperazine rings is 1. The molecule has 0 radical (unpaired) electrons. The molecule has 0 spiro atoms. The average molecular weight is 794 g/mol. The van der Waals surface area contributed by atoms with Gasteiger partial charge in [0.05, 0.1) is 30.1 Å². The molecule has 1 atom stereocenters. The first-order chi connectivity index (χ1) is 28.8. The van der Waals surface area contributed by atoms with Gasteiger partial charge in [-0.05, 0) is 52.1 Å². The number of amides is 2. The van der Waals surface area contributed by atoms with Crippen LogP contribution < -0.4 is 20.5 Å². The van der Waals surface area contributed by atoms with Crippen LogP contribution in [0.2, 0.25) is 0 Å². The first-order valence-corrected chi connectivity index (χ1v) is 19.5. The number of hydrogen-bond acceptors (Lipinski definition) is 7. The monoisotopic (exact) mass is 793 g/mol. The van der Waals surface area contributed by atoms with Crippen LogP contribution in [0.3, 0.4) is 0 Å². The Bertz CT molecular complexity index is 2560. The summed E-state index contributed by atoms with van der Waals surface area (Å²) in [4.78, 5) is 38.9. The maximum Gasteiger partial charge on any atom is 0.387 e. The predicted molar refractivity (Wildman–Crippen MR) is 220 cm³/mol. The first kappa shape index (κ1) is 37.7. The summed E-state index contributed by atoms with van der Waals surface area (Å²) in [6.07, 6.45) is 3.50. The van der Waals surface area contributed by atoms with Crippen molar-refractivity contribution in [3.8, 4) is 16.9 Å². The van der Waals surface area contributed by atoms with Crippen LogP contribution in [0.5, 0.6) is 5.75 Å². The van der Waals surface area contributed by atoms with Crippen LogP contribution in [-0.4, -0.2) is 69.1 Å². The molecule has 0 saturated carbocycles. The van der Waals surface area contributed by atoms with Gasteiger partial charge in [0.25, 0.3) is 5.56 Å². The third kappa shape index (κ3) is 7.18. The van der Waals surface area contributed by atoms with E-state index in [9.17, 15) is 18.4 Å². The fourth-order valence-electron chi connectivity index (χ4n) is 8.34. The Kier molecular flexibility index (Phi) is 10.1. The number of anilines is 1. The number of nitrogens with zero attached hydrogens (tertiary/aromatic N) is 6. The highest BCUT2D eigenvalue weighted by Crippen LogP contribution is 2.41. The number of alkyl halides is 2. The second-order valence-electron chi connectivity index (χ2n) is 14.8. The zero-order valence-electron chi connectivity index (χ0n) is 32.2. The molecule has 5 aromatic carbocycles. The molecule has 1 N–H and O–H groups in total. The van der Waals surface area contributed by atoms with Crippen molar-refractivity contribution < 1.29 is 23.0 Å². The SMILES string of the molecule is Cn1c(=O)c2ccc(-c3cnc(N4CCN5C(=O)NC[C@@H]5C4)nc3)cc2n1Cc1cc(COC(c2ccccc2)(c2ccccc2)c2ccccc2)ccc1OC(F)F. The molecule has 2 aliphatic heterocycles. The molecule has 2 aromatic heterocycles. The largest absolute Gasteiger partial charge is 0.434 e. The summed E-state index contributed by atoms with van der Waals surface area (Å²) in [6, 6.07) is 40.6. The fraction of sp³-hybridized carbons (Fsp3) is 0.217. The number of hydrogen-bond donors (Lipinski definition) is 1. The lowest BCUT2D eigenvalue weighted by atomic mass is 9.80. The molecule has 2 fully saturated rings. The number of nitrogens with one attached hydrogen (secondary N) is 1. The zero-order chi connectivity index (χ0) is 40.5. The lowest BCUT2D eigenvalue weighted by molar-refractivity contribution is -0.0505. The van der Waals surface area contributed by atoms with Crippen LogP contribution in [0.25, 0.3) is 22.0 Å². The van der Waals surface area contributed by atoms with Crippen molar-refractivity contribution in [1.29, 1.82) is 0 Å². The van der Waals surface area contributed by atoms with E-state index < -0.39 is 12.2 Å². The summed E-state index contributed by atoms with van der Waals surface area (Å²) < 4.78 is 43.1. The predicted octanol–water partition coefficient (Wildman–Crippen LogP) is 7.17. The molecule has 7 aromatic rings. The van der Waals surface area contributed by atoms with E-state index in [0.717, 1.165) is 33.4 Å². The molecular weight excluding hydrogens is 753 g/mol. The molecule has 298 valence electrons. The molecule has 0 aliphatic carbocycles. The summed E-state index contributed by atoms with van der Waals surface area (Å²) in [5.41, 5.74) is 4.88. The highest BCUT2D eigenvalue weighted by atomic mass is 19.3. The van der Waals surface area contributed by atoms with E-state index in [4.69, 9.17) is 9.47 Å². The summed E-state index contributed by atoms with van der Waals surface area (Å²) in [6.45, 7) is -0.424. The maximum atomic E-state index is 13.9. The van der Waals surface area contributed by atoms with Crippen molar-refractivity contribution in [3.63, 3.8) is 0 Å². The number of carbonyl (C=O) groups is 1. The minimum atomic E-state index is -3.06. The second-order valence-corrected chi connectivity index (χ2v) is 14.8. The van der Waals surface area contributed by atoms with Gasteiger partial charge in [-0.3, -0.25) is 14.2 Å². The molecule has 0 bridgehead atoms. The van der Waals surface area contributed by atoms with E-state index in [1.165, 1.54) is 10.7 Å². The Morgan fingerprint density at radius 3 is 2.07 bits per heavy atom. The van der Waals surface area contributed by atoms with Crippen LogP contribution in [0.15, 0.2) is 145 Å². The molecule has 9 rings (SSSR count). The van der Waals surface area contributed by atoms with Crippen LogP contribution in [-0.2, 0) is 30.5 Å². The van der Waals surface area contributed by atoms with E-state index in [1.54, 1.807) is 42.3 Å². The maximum absolute atomic E-state index is 13.9. The Morgan fingerprint density at radius 1 is 0.797 bits per heavy atom. The third-order valence-corrected chi connectivity index (χ3v) is 11.3. The molecule has 2 aliphatic rings. The normalized spacial score (nSPS) is 15.5. The summed E-state index contributed by atoms with van der Waals surface area (Å²) in [5.74, 6) is 0.576. The molecule has 59 heavy (non-hydrogen) atoms. The number of rotatable bonds is 12. The van der Waals surface area contributed by atoms with Crippen molar-refractivity contribution in [2.75, 3.05) is 31.1 Å². The van der Waals surface area contributed by atoms with Crippen LogP contribution in [0.1, 0.15) is 27.8 Å². The number of halogens is 2. The van der Waals surface area contributed by atoms with E-state index in [2.05, 4.69) is 20.2 Å². The van der Waals surface area contributed by atoms with Crippen molar-refractivity contribution in [2.45, 2.75) is 31.4 Å². The van der Waals surface area contributed by atoms with Crippen molar-refractivity contribution in [2.24, 2.45) is 7.05 Å². The minimum absolute atomic E-state index is 0.00258. The van der Waals surface area contributed by atoms with E-state index in [1.807, 2.05) is 108 Å². The van der Waals surface area contributed by atoms with Gasteiger partial charge in [-0.25, -0.2) is 14.8 Å². The van der Waals surface area contributed by atoms with E-state index >= 15 is 0 Å². The molecular formula is C46H41F2N7O4. The van der Waals surface area contributed by atoms with Crippen molar-refractivity contribution in [3.05, 3.63) is 178 Å². The highest BCUT2D eigenvalue weighted by molar-refractivity contribution is 5.84. The standard InChI is InChI=1S/C46H41F2N7O4/c1-52-42(56)39-19-18-32(34-25-49-44(50-26-34)53-21-22-54-38(29-53)27-51-45(54)57)24-40(39)55(52)28-33-23-31(17-20-41(33)59-43(47)48)30-58-46(35-11-5-2-6-12-35,36-13-7-3-8-14-36)37-15-9-4-10-16-37/h2-20,23-26,38,43H,21-22,27-30H2,1H3,(H,51,57)/t38-/m1/s1. The molecule has 11 nitrogen and oxygen atoms in total. The Hall–Kier alpha value is -6.86. The summed E-state index contributed by atoms with van der Waals surface area (Å²) in [5, 5.41) is 3.37. The van der Waals surface area contributed by atoms with Gasteiger partial charge in [0.2, 0.25) is 5.95 Å². The highest BCUT2D eigenvalue weighted by Gasteiger charge is 2.38. The number of aromatic nitrogens is 4. The first-order valence-electron chi connectivity index (χ1n) is 19.5. The van der Waals surface area contributed by atoms with Crippen LogP contribution in [0, 0.1) is 0 Å². The number of benzene rings is 5. The number of ether oxygens (including phenoxy) is 2. The lowest BCUT2D eigenvalue weighted by Crippen LogP contribution is -2.52. The van der Waals surface area contributed by atoms with Crippen LogP contribution >= 0.6 is 0 Å². The van der Waals surface area contributed by atoms with Gasteiger partial charge in [-0.1, -0.05) is 103 Å². The third-order valence-electron chi connectivity index (χ3n) is 11.3. The fourth-order valence-corrected chi connectivity index (χ4v) is 8.34. The smallest absolute Gasteiger partial charge is 0.387 e. The molecule has 2 saturated heterocycles. The summed E-state index contributed by atoms with van der Waals surface area (Å²) >= 11 is 0. The van der Waals surface area contributed by atoms with E-state index in [0.29, 0.717) is 48.6 Å². The molecule has 4 heterocycles. The van der Waals surface area contributed by atoms with Gasteiger partial charge in [-0.2, -0.15) is 8.78 Å². The number of fused-ring (bicyclic) bond motifs is 2. The topological polar surface area (TPSA) is 107 Å². The number of carbonyl (C=O) groups excluding carboxylic acids is 1. The van der Waals surface area contributed by atoms with Gasteiger partial charge in [-0.15, -0.1) is 0 Å². The summed E-state index contributed by atoms with van der Waals surface area (Å²) in [7, 11) is 1.65. The van der Waals surface area contributed by atoms with Gasteiger partial charge in [0.15, 0.2) is 0 Å². The second kappa shape index (κ2) is 15.8. The molecule has 2 amide bonds. The van der Waals surface area contributed by atoms with Gasteiger partial charge in [0.1, 0.15) is 11.4 Å².